The van der Waals surface area contributed by atoms with E-state index >= 15 is 0 Å². The summed E-state index contributed by atoms with van der Waals surface area (Å²) in [6.45, 7) is 1.64. The van der Waals surface area contributed by atoms with Crippen LogP contribution in [-0.2, 0) is 13.1 Å². The van der Waals surface area contributed by atoms with Crippen LogP contribution in [0.2, 0.25) is 0 Å². The average molecular weight is 232 g/mol. The van der Waals surface area contributed by atoms with Crippen molar-refractivity contribution in [2.24, 2.45) is 5.73 Å². The van der Waals surface area contributed by atoms with Crippen molar-refractivity contribution in [1.29, 1.82) is 0 Å². The molecule has 3 N–H and O–H groups in total. The van der Waals surface area contributed by atoms with Gasteiger partial charge in [-0.1, -0.05) is 12.1 Å². The Morgan fingerprint density at radius 1 is 1.38 bits per heavy atom. The summed E-state index contributed by atoms with van der Waals surface area (Å²) in [4.78, 5) is 1.42. The zero-order chi connectivity index (χ0) is 11.0. The van der Waals surface area contributed by atoms with Gasteiger partial charge >= 0.3 is 0 Å². The molecule has 16 heavy (non-hydrogen) atoms. The second-order valence-electron chi connectivity index (χ2n) is 4.40. The summed E-state index contributed by atoms with van der Waals surface area (Å²) in [5.41, 5.74) is 7.00. The first-order valence-electron chi connectivity index (χ1n) is 5.80. The molecule has 1 saturated carbocycles. The molecule has 3 heteroatoms. The number of rotatable bonds is 4. The zero-order valence-electron chi connectivity index (χ0n) is 9.20. The van der Waals surface area contributed by atoms with Gasteiger partial charge in [0.2, 0.25) is 0 Å². The van der Waals surface area contributed by atoms with E-state index in [1.54, 1.807) is 0 Å². The maximum Gasteiger partial charge on any atom is 0.0349 e. The van der Waals surface area contributed by atoms with Gasteiger partial charge in [0.15, 0.2) is 0 Å². The van der Waals surface area contributed by atoms with E-state index in [0.29, 0.717) is 6.54 Å². The number of nitrogens with two attached hydrogens (primary N) is 1. The van der Waals surface area contributed by atoms with Crippen molar-refractivity contribution in [3.63, 3.8) is 0 Å². The zero-order valence-corrected chi connectivity index (χ0v) is 10.0. The van der Waals surface area contributed by atoms with Crippen LogP contribution in [0.3, 0.4) is 0 Å². The van der Waals surface area contributed by atoms with Crippen LogP contribution in [0, 0.1) is 0 Å². The molecule has 0 atom stereocenters. The van der Waals surface area contributed by atoms with Gasteiger partial charge in [-0.2, -0.15) is 0 Å². The van der Waals surface area contributed by atoms with Crippen molar-refractivity contribution in [3.05, 3.63) is 34.7 Å². The molecule has 0 spiro atoms. The van der Waals surface area contributed by atoms with Gasteiger partial charge in [0, 0.05) is 28.7 Å². The van der Waals surface area contributed by atoms with E-state index in [9.17, 15) is 0 Å². The lowest BCUT2D eigenvalue weighted by Gasteiger charge is -1.97. The summed E-state index contributed by atoms with van der Waals surface area (Å²) in [5.74, 6) is 0. The van der Waals surface area contributed by atoms with Crippen LogP contribution in [0.5, 0.6) is 0 Å². The standard InChI is InChI=1S/C13H16N2S/c14-7-9-2-1-3-13-12(9)6-11(16-13)8-15-10-4-5-10/h1-3,6,10,15H,4-5,7-8,14H2. The van der Waals surface area contributed by atoms with Crippen LogP contribution >= 0.6 is 11.3 Å². The van der Waals surface area contributed by atoms with Gasteiger partial charge in [0.05, 0.1) is 0 Å². The number of thiophene rings is 1. The Labute approximate surface area is 99.5 Å². The number of benzene rings is 1. The molecule has 0 amide bonds. The fourth-order valence-electron chi connectivity index (χ4n) is 1.97. The van der Waals surface area contributed by atoms with Gasteiger partial charge in [0.1, 0.15) is 0 Å². The van der Waals surface area contributed by atoms with Crippen LogP contribution in [0.25, 0.3) is 10.1 Å². The molecule has 2 nitrogen and oxygen atoms in total. The van der Waals surface area contributed by atoms with Gasteiger partial charge in [-0.3, -0.25) is 0 Å². The highest BCUT2D eigenvalue weighted by Crippen LogP contribution is 2.29. The molecule has 1 aliphatic carbocycles. The summed E-state index contributed by atoms with van der Waals surface area (Å²) in [7, 11) is 0. The molecule has 1 aliphatic rings. The lowest BCUT2D eigenvalue weighted by Crippen LogP contribution is -2.14. The number of fused-ring (bicyclic) bond motifs is 1. The minimum atomic E-state index is 0.629. The van der Waals surface area contributed by atoms with Crippen molar-refractivity contribution < 1.29 is 0 Å². The predicted molar refractivity (Wildman–Crippen MR) is 69.6 cm³/mol. The molecule has 1 fully saturated rings. The van der Waals surface area contributed by atoms with Crippen LogP contribution in [0.15, 0.2) is 24.3 Å². The van der Waals surface area contributed by atoms with Gasteiger partial charge in [-0.15, -0.1) is 11.3 Å². The Bertz CT molecular complexity index is 500. The van der Waals surface area contributed by atoms with E-state index in [1.807, 2.05) is 11.3 Å². The first kappa shape index (κ1) is 10.3. The van der Waals surface area contributed by atoms with Gasteiger partial charge < -0.3 is 11.1 Å². The molecule has 0 aliphatic heterocycles. The molecule has 0 saturated heterocycles. The highest BCUT2D eigenvalue weighted by Gasteiger charge is 2.20. The maximum absolute atomic E-state index is 5.75. The first-order chi connectivity index (χ1) is 7.86. The van der Waals surface area contributed by atoms with Crippen LogP contribution in [0.4, 0.5) is 0 Å². The molecular weight excluding hydrogens is 216 g/mol. The minimum Gasteiger partial charge on any atom is -0.326 e. The lowest BCUT2D eigenvalue weighted by molar-refractivity contribution is 0.695. The molecular formula is C13H16N2S. The highest BCUT2D eigenvalue weighted by atomic mass is 32.1. The second-order valence-corrected chi connectivity index (χ2v) is 5.57. The van der Waals surface area contributed by atoms with E-state index < -0.39 is 0 Å². The van der Waals surface area contributed by atoms with Crippen molar-refractivity contribution in [2.45, 2.75) is 32.0 Å². The largest absolute Gasteiger partial charge is 0.326 e. The van der Waals surface area contributed by atoms with Crippen molar-refractivity contribution >= 4 is 21.4 Å². The smallest absolute Gasteiger partial charge is 0.0349 e. The van der Waals surface area contributed by atoms with Crippen molar-refractivity contribution in [1.82, 2.24) is 5.32 Å². The molecule has 1 heterocycles. The molecule has 0 radical (unpaired) electrons. The van der Waals surface area contributed by atoms with E-state index in [0.717, 1.165) is 12.6 Å². The van der Waals surface area contributed by atoms with E-state index in [2.05, 4.69) is 29.6 Å². The number of nitrogens with one attached hydrogen (secondary N) is 1. The quantitative estimate of drug-likeness (QED) is 0.850. The molecule has 2 aromatic rings. The van der Waals surface area contributed by atoms with Crippen LogP contribution in [0.1, 0.15) is 23.3 Å². The third kappa shape index (κ3) is 1.98. The molecule has 1 aromatic carbocycles. The summed E-state index contributed by atoms with van der Waals surface area (Å²) in [6.07, 6.45) is 2.69. The Morgan fingerprint density at radius 3 is 3.00 bits per heavy atom. The third-order valence-electron chi connectivity index (χ3n) is 3.07. The second kappa shape index (κ2) is 4.17. The van der Waals surface area contributed by atoms with Crippen LogP contribution < -0.4 is 11.1 Å². The molecule has 0 bridgehead atoms. The molecule has 1 aromatic heterocycles. The molecule has 0 unspecified atom stereocenters. The van der Waals surface area contributed by atoms with Crippen LogP contribution in [-0.4, -0.2) is 6.04 Å². The Balaban J connectivity index is 1.88. The molecule has 3 rings (SSSR count). The van der Waals surface area contributed by atoms with Gasteiger partial charge in [-0.05, 0) is 35.9 Å². The summed E-state index contributed by atoms with van der Waals surface area (Å²) >= 11 is 1.88. The lowest BCUT2D eigenvalue weighted by atomic mass is 10.1. The summed E-state index contributed by atoms with van der Waals surface area (Å²) in [6, 6.07) is 9.46. The summed E-state index contributed by atoms with van der Waals surface area (Å²) < 4.78 is 1.36. The van der Waals surface area contributed by atoms with E-state index in [1.165, 1.54) is 33.4 Å². The Kier molecular flexibility index (Phi) is 2.67. The fourth-order valence-corrected chi connectivity index (χ4v) is 3.03. The monoisotopic (exact) mass is 232 g/mol. The number of hydrogen-bond acceptors (Lipinski definition) is 3. The average Bonchev–Trinajstić information content (AvgIpc) is 3.04. The third-order valence-corrected chi connectivity index (χ3v) is 4.17. The van der Waals surface area contributed by atoms with Crippen molar-refractivity contribution in [2.75, 3.05) is 0 Å². The highest BCUT2D eigenvalue weighted by molar-refractivity contribution is 7.19. The van der Waals surface area contributed by atoms with Gasteiger partial charge in [0.25, 0.3) is 0 Å². The number of hydrogen-bond donors (Lipinski definition) is 2. The van der Waals surface area contributed by atoms with Crippen molar-refractivity contribution in [3.8, 4) is 0 Å². The predicted octanol–water partition coefficient (Wildman–Crippen LogP) is 2.61. The Morgan fingerprint density at radius 2 is 2.25 bits per heavy atom. The maximum atomic E-state index is 5.75. The fraction of sp³-hybridized carbons (Fsp3) is 0.385. The van der Waals surface area contributed by atoms with E-state index in [-0.39, 0.29) is 0 Å². The molecule has 84 valence electrons. The Hall–Kier alpha value is -0.900. The normalized spacial score (nSPS) is 15.8. The topological polar surface area (TPSA) is 38.0 Å². The summed E-state index contributed by atoms with van der Waals surface area (Å²) in [5, 5.41) is 4.89. The minimum absolute atomic E-state index is 0.629. The SMILES string of the molecule is NCc1cccc2sc(CNC3CC3)cc12. The first-order valence-corrected chi connectivity index (χ1v) is 6.62. The van der Waals surface area contributed by atoms with E-state index in [4.69, 9.17) is 5.73 Å². The van der Waals surface area contributed by atoms with Gasteiger partial charge in [-0.25, -0.2) is 0 Å².